The van der Waals surface area contributed by atoms with Gasteiger partial charge in [-0.1, -0.05) is 12.1 Å². The van der Waals surface area contributed by atoms with Crippen LogP contribution in [-0.4, -0.2) is 0 Å². The zero-order chi connectivity index (χ0) is 11.9. The predicted octanol–water partition coefficient (Wildman–Crippen LogP) is 1.89. The molecule has 2 aromatic rings. The minimum absolute atomic E-state index is 0.152. The zero-order valence-electron chi connectivity index (χ0n) is 7.67. The molecule has 84 valence electrons. The standard InChI is InChI=1S/C10H5F3O3/c11-10(12,13)9-8(15)7(14)5-3-1-2-4-6(5)16-9/h1-4,15H/p-1. The van der Waals surface area contributed by atoms with E-state index in [4.69, 9.17) is 0 Å². The van der Waals surface area contributed by atoms with Crippen LogP contribution in [0.25, 0.3) is 11.0 Å². The lowest BCUT2D eigenvalue weighted by Gasteiger charge is -2.14. The molecule has 16 heavy (non-hydrogen) atoms. The summed E-state index contributed by atoms with van der Waals surface area (Å²) in [4.78, 5) is 11.3. The van der Waals surface area contributed by atoms with E-state index in [1.165, 1.54) is 24.3 Å². The Balaban J connectivity index is 2.90. The number of hydrogen-bond donors (Lipinski definition) is 0. The van der Waals surface area contributed by atoms with Gasteiger partial charge < -0.3 is 9.52 Å². The highest BCUT2D eigenvalue weighted by Crippen LogP contribution is 2.34. The van der Waals surface area contributed by atoms with Crippen molar-refractivity contribution < 1.29 is 22.7 Å². The molecule has 0 amide bonds. The van der Waals surface area contributed by atoms with Gasteiger partial charge in [-0.2, -0.15) is 13.2 Å². The average Bonchev–Trinajstić information content (AvgIpc) is 2.22. The number of halogens is 3. The molecule has 0 radical (unpaired) electrons. The second kappa shape index (κ2) is 3.26. The smallest absolute Gasteiger partial charge is 0.449 e. The van der Waals surface area contributed by atoms with Gasteiger partial charge in [0, 0.05) is 0 Å². The molecule has 1 aromatic heterocycles. The van der Waals surface area contributed by atoms with Crippen LogP contribution in [0.15, 0.2) is 33.5 Å². The van der Waals surface area contributed by atoms with Crippen LogP contribution >= 0.6 is 0 Å². The lowest BCUT2D eigenvalue weighted by atomic mass is 10.2. The lowest BCUT2D eigenvalue weighted by molar-refractivity contribution is -0.281. The Morgan fingerprint density at radius 1 is 1.19 bits per heavy atom. The summed E-state index contributed by atoms with van der Waals surface area (Å²) in [6.45, 7) is 0. The van der Waals surface area contributed by atoms with Crippen LogP contribution in [0.5, 0.6) is 5.75 Å². The van der Waals surface area contributed by atoms with Crippen molar-refractivity contribution in [3.8, 4) is 5.75 Å². The molecule has 3 nitrogen and oxygen atoms in total. The fourth-order valence-electron chi connectivity index (χ4n) is 1.31. The maximum Gasteiger partial charge on any atom is 0.449 e. The number of alkyl halides is 3. The van der Waals surface area contributed by atoms with Crippen molar-refractivity contribution in [2.75, 3.05) is 0 Å². The summed E-state index contributed by atoms with van der Waals surface area (Å²) in [7, 11) is 0. The molecule has 0 fully saturated rings. The first-order valence-corrected chi connectivity index (χ1v) is 4.21. The molecule has 0 aliphatic rings. The summed E-state index contributed by atoms with van der Waals surface area (Å²) in [5.74, 6) is -3.44. The van der Waals surface area contributed by atoms with Crippen LogP contribution < -0.4 is 10.5 Å². The Morgan fingerprint density at radius 3 is 2.44 bits per heavy atom. The first kappa shape index (κ1) is 10.5. The summed E-state index contributed by atoms with van der Waals surface area (Å²) in [6.07, 6.45) is -4.96. The lowest BCUT2D eigenvalue weighted by Crippen LogP contribution is -2.18. The van der Waals surface area contributed by atoms with Crippen LogP contribution in [0.2, 0.25) is 0 Å². The zero-order valence-corrected chi connectivity index (χ0v) is 7.67. The highest BCUT2D eigenvalue weighted by molar-refractivity contribution is 5.77. The number of para-hydroxylation sites is 1. The number of fused-ring (bicyclic) bond motifs is 1. The van der Waals surface area contributed by atoms with E-state index in [0.29, 0.717) is 0 Å². The Bertz CT molecular complexity index is 598. The van der Waals surface area contributed by atoms with E-state index in [9.17, 15) is 23.1 Å². The first-order valence-electron chi connectivity index (χ1n) is 4.21. The minimum Gasteiger partial charge on any atom is -0.867 e. The van der Waals surface area contributed by atoms with E-state index >= 15 is 0 Å². The molecule has 0 N–H and O–H groups in total. The monoisotopic (exact) mass is 229 g/mol. The fraction of sp³-hybridized carbons (Fsp3) is 0.100. The third kappa shape index (κ3) is 1.52. The summed E-state index contributed by atoms with van der Waals surface area (Å²) in [5, 5.41) is 11.0. The van der Waals surface area contributed by atoms with E-state index < -0.39 is 23.1 Å². The minimum atomic E-state index is -4.96. The molecule has 0 bridgehead atoms. The van der Waals surface area contributed by atoms with E-state index in [-0.39, 0.29) is 11.0 Å². The molecule has 0 atom stereocenters. The Hall–Kier alpha value is -1.98. The highest BCUT2D eigenvalue weighted by atomic mass is 19.4. The molecule has 0 aliphatic heterocycles. The molecule has 0 aliphatic carbocycles. The van der Waals surface area contributed by atoms with E-state index in [2.05, 4.69) is 4.42 Å². The molecule has 0 spiro atoms. The summed E-state index contributed by atoms with van der Waals surface area (Å²) < 4.78 is 41.4. The normalized spacial score (nSPS) is 11.9. The van der Waals surface area contributed by atoms with Gasteiger partial charge in [-0.3, -0.25) is 4.79 Å². The second-order valence-corrected chi connectivity index (χ2v) is 3.08. The molecule has 1 heterocycles. The van der Waals surface area contributed by atoms with E-state index in [1.807, 2.05) is 0 Å². The molecule has 6 heteroatoms. The largest absolute Gasteiger partial charge is 0.867 e. The van der Waals surface area contributed by atoms with Crippen LogP contribution in [0.3, 0.4) is 0 Å². The number of rotatable bonds is 0. The molecule has 0 unspecified atom stereocenters. The van der Waals surface area contributed by atoms with Gasteiger partial charge >= 0.3 is 6.18 Å². The molecular formula is C10H4F3O3-. The molecule has 1 aromatic carbocycles. The SMILES string of the molecule is O=c1c([O-])c(C(F)(F)F)oc2ccccc12. The van der Waals surface area contributed by atoms with Crippen molar-refractivity contribution in [1.29, 1.82) is 0 Å². The van der Waals surface area contributed by atoms with Gasteiger partial charge in [0.1, 0.15) is 5.58 Å². The van der Waals surface area contributed by atoms with Crippen molar-refractivity contribution in [3.05, 3.63) is 40.2 Å². The molecule has 2 rings (SSSR count). The van der Waals surface area contributed by atoms with Crippen molar-refractivity contribution in [1.82, 2.24) is 0 Å². The maximum absolute atomic E-state index is 12.3. The molecular weight excluding hydrogens is 225 g/mol. The van der Waals surface area contributed by atoms with Gasteiger partial charge in [0.25, 0.3) is 0 Å². The van der Waals surface area contributed by atoms with Crippen LogP contribution in [0.1, 0.15) is 5.76 Å². The van der Waals surface area contributed by atoms with Gasteiger partial charge in [-0.25, -0.2) is 0 Å². The van der Waals surface area contributed by atoms with E-state index in [0.717, 1.165) is 0 Å². The topological polar surface area (TPSA) is 53.3 Å². The van der Waals surface area contributed by atoms with Crippen LogP contribution in [0.4, 0.5) is 13.2 Å². The fourth-order valence-corrected chi connectivity index (χ4v) is 1.31. The van der Waals surface area contributed by atoms with Crippen molar-refractivity contribution in [2.24, 2.45) is 0 Å². The van der Waals surface area contributed by atoms with Gasteiger partial charge in [0.15, 0.2) is 5.43 Å². The van der Waals surface area contributed by atoms with Gasteiger partial charge in [-0.15, -0.1) is 0 Å². The Labute approximate surface area is 86.7 Å². The van der Waals surface area contributed by atoms with Gasteiger partial charge in [0.2, 0.25) is 5.76 Å². The van der Waals surface area contributed by atoms with Crippen LogP contribution in [0, 0.1) is 0 Å². The quantitative estimate of drug-likeness (QED) is 0.693. The summed E-state index contributed by atoms with van der Waals surface area (Å²) in [5.41, 5.74) is -1.45. The van der Waals surface area contributed by atoms with Gasteiger partial charge in [-0.05, 0) is 17.9 Å². The molecule has 0 saturated carbocycles. The summed E-state index contributed by atoms with van der Waals surface area (Å²) in [6, 6.07) is 5.29. The number of benzene rings is 1. The third-order valence-corrected chi connectivity index (χ3v) is 2.01. The Morgan fingerprint density at radius 2 is 1.81 bits per heavy atom. The first-order chi connectivity index (χ1) is 7.41. The van der Waals surface area contributed by atoms with Crippen LogP contribution in [-0.2, 0) is 6.18 Å². The Kier molecular flexibility index (Phi) is 2.15. The average molecular weight is 229 g/mol. The summed E-state index contributed by atoms with van der Waals surface area (Å²) >= 11 is 0. The maximum atomic E-state index is 12.3. The molecule has 0 saturated heterocycles. The highest BCUT2D eigenvalue weighted by Gasteiger charge is 2.36. The second-order valence-electron chi connectivity index (χ2n) is 3.08. The number of hydrogen-bond acceptors (Lipinski definition) is 3. The van der Waals surface area contributed by atoms with E-state index in [1.54, 1.807) is 0 Å². The third-order valence-electron chi connectivity index (χ3n) is 2.01. The van der Waals surface area contributed by atoms with Crippen molar-refractivity contribution in [3.63, 3.8) is 0 Å². The van der Waals surface area contributed by atoms with Crippen molar-refractivity contribution in [2.45, 2.75) is 6.18 Å². The van der Waals surface area contributed by atoms with Crippen molar-refractivity contribution >= 4 is 11.0 Å². The predicted molar refractivity (Wildman–Crippen MR) is 46.9 cm³/mol. The van der Waals surface area contributed by atoms with Gasteiger partial charge in [0.05, 0.1) is 5.39 Å².